The summed E-state index contributed by atoms with van der Waals surface area (Å²) in [5, 5.41) is 0. The summed E-state index contributed by atoms with van der Waals surface area (Å²) in [7, 11) is 2.01. The minimum Gasteiger partial charge on any atom is -0.338 e. The van der Waals surface area contributed by atoms with Gasteiger partial charge in [0.15, 0.2) is 0 Å². The minimum absolute atomic E-state index is 0.993. The average molecular weight is 136 g/mol. The van der Waals surface area contributed by atoms with Gasteiger partial charge in [0.1, 0.15) is 5.82 Å². The lowest BCUT2D eigenvalue weighted by molar-refractivity contribution is 0.781. The lowest BCUT2D eigenvalue weighted by Gasteiger charge is -1.96. The van der Waals surface area contributed by atoms with Crippen LogP contribution in [0.25, 0.3) is 0 Å². The van der Waals surface area contributed by atoms with E-state index in [0.29, 0.717) is 0 Å². The van der Waals surface area contributed by atoms with Crippen molar-refractivity contribution in [3.63, 3.8) is 0 Å². The molecule has 0 bridgehead atoms. The third-order valence-electron chi connectivity index (χ3n) is 1.49. The van der Waals surface area contributed by atoms with Gasteiger partial charge in [-0.15, -0.1) is 6.58 Å². The Balaban J connectivity index is 2.56. The van der Waals surface area contributed by atoms with Crippen LogP contribution in [0.3, 0.4) is 0 Å². The first-order chi connectivity index (χ1) is 4.84. The summed E-state index contributed by atoms with van der Waals surface area (Å²) in [6, 6.07) is 0. The molecule has 54 valence electrons. The molecular formula is C8H12N2. The van der Waals surface area contributed by atoms with Crippen LogP contribution in [-0.2, 0) is 13.5 Å². The molecule has 10 heavy (non-hydrogen) atoms. The molecule has 1 aromatic rings. The van der Waals surface area contributed by atoms with Gasteiger partial charge >= 0.3 is 0 Å². The van der Waals surface area contributed by atoms with Gasteiger partial charge in [-0.3, -0.25) is 0 Å². The van der Waals surface area contributed by atoms with Crippen LogP contribution < -0.4 is 0 Å². The van der Waals surface area contributed by atoms with E-state index in [1.54, 1.807) is 0 Å². The largest absolute Gasteiger partial charge is 0.338 e. The molecule has 0 saturated carbocycles. The van der Waals surface area contributed by atoms with Gasteiger partial charge < -0.3 is 4.57 Å². The molecule has 0 aliphatic carbocycles. The second-order valence-corrected chi connectivity index (χ2v) is 2.28. The SMILES string of the molecule is C=CCCc1nccn1C. The minimum atomic E-state index is 0.993. The Morgan fingerprint density at radius 1 is 1.80 bits per heavy atom. The second kappa shape index (κ2) is 3.20. The lowest BCUT2D eigenvalue weighted by Crippen LogP contribution is -1.95. The molecule has 0 aliphatic rings. The molecular weight excluding hydrogens is 124 g/mol. The fraction of sp³-hybridized carbons (Fsp3) is 0.375. The number of aromatic nitrogens is 2. The molecule has 2 nitrogen and oxygen atoms in total. The summed E-state index contributed by atoms with van der Waals surface area (Å²) in [4.78, 5) is 4.17. The Labute approximate surface area is 61.2 Å². The fourth-order valence-electron chi connectivity index (χ4n) is 0.869. The van der Waals surface area contributed by atoms with Gasteiger partial charge in [-0.1, -0.05) is 6.08 Å². The number of nitrogens with zero attached hydrogens (tertiary/aromatic N) is 2. The van der Waals surface area contributed by atoms with E-state index < -0.39 is 0 Å². The van der Waals surface area contributed by atoms with E-state index in [-0.39, 0.29) is 0 Å². The molecule has 1 rings (SSSR count). The average Bonchev–Trinajstić information content (AvgIpc) is 2.31. The highest BCUT2D eigenvalue weighted by Gasteiger charge is 1.94. The number of allylic oxidation sites excluding steroid dienone is 1. The van der Waals surface area contributed by atoms with Crippen LogP contribution in [0.4, 0.5) is 0 Å². The summed E-state index contributed by atoms with van der Waals surface area (Å²) in [6.45, 7) is 3.65. The van der Waals surface area contributed by atoms with Crippen LogP contribution >= 0.6 is 0 Å². The van der Waals surface area contributed by atoms with Crippen molar-refractivity contribution < 1.29 is 0 Å². The fourth-order valence-corrected chi connectivity index (χ4v) is 0.869. The second-order valence-electron chi connectivity index (χ2n) is 2.28. The van der Waals surface area contributed by atoms with Crippen LogP contribution in [0, 0.1) is 0 Å². The predicted octanol–water partition coefficient (Wildman–Crippen LogP) is 1.54. The standard InChI is InChI=1S/C8H12N2/c1-3-4-5-8-9-6-7-10(8)2/h3,6-7H,1,4-5H2,2H3. The summed E-state index contributed by atoms with van der Waals surface area (Å²) in [6.07, 6.45) is 7.68. The van der Waals surface area contributed by atoms with Crippen molar-refractivity contribution in [2.75, 3.05) is 0 Å². The van der Waals surface area contributed by atoms with Crippen molar-refractivity contribution in [1.82, 2.24) is 9.55 Å². The van der Waals surface area contributed by atoms with E-state index in [1.165, 1.54) is 0 Å². The molecule has 1 heterocycles. The molecule has 0 aliphatic heterocycles. The summed E-state index contributed by atoms with van der Waals surface area (Å²) in [5.74, 6) is 1.12. The van der Waals surface area contributed by atoms with Crippen LogP contribution in [0.2, 0.25) is 0 Å². The Bertz CT molecular complexity index is 213. The van der Waals surface area contributed by atoms with Crippen LogP contribution in [0.5, 0.6) is 0 Å². The van der Waals surface area contributed by atoms with E-state index >= 15 is 0 Å². The Kier molecular flexibility index (Phi) is 2.26. The number of hydrogen-bond donors (Lipinski definition) is 0. The first-order valence-corrected chi connectivity index (χ1v) is 3.41. The van der Waals surface area contributed by atoms with E-state index in [2.05, 4.69) is 11.6 Å². The topological polar surface area (TPSA) is 17.8 Å². The lowest BCUT2D eigenvalue weighted by atomic mass is 10.3. The van der Waals surface area contributed by atoms with Gasteiger partial charge in [-0.2, -0.15) is 0 Å². The van der Waals surface area contributed by atoms with Crippen LogP contribution in [0.15, 0.2) is 25.0 Å². The molecule has 1 aromatic heterocycles. The summed E-state index contributed by atoms with van der Waals surface area (Å²) < 4.78 is 2.03. The third kappa shape index (κ3) is 1.47. The van der Waals surface area contributed by atoms with Gasteiger partial charge in [0.2, 0.25) is 0 Å². The summed E-state index contributed by atoms with van der Waals surface area (Å²) in [5.41, 5.74) is 0. The molecule has 2 heteroatoms. The van der Waals surface area contributed by atoms with Gasteiger partial charge in [0, 0.05) is 25.9 Å². The maximum Gasteiger partial charge on any atom is 0.108 e. The van der Waals surface area contributed by atoms with Gasteiger partial charge in [-0.25, -0.2) is 4.98 Å². The molecule has 0 atom stereocenters. The third-order valence-corrected chi connectivity index (χ3v) is 1.49. The van der Waals surface area contributed by atoms with Crippen molar-refractivity contribution in [3.8, 4) is 0 Å². The molecule has 0 aromatic carbocycles. The predicted molar refractivity (Wildman–Crippen MR) is 41.7 cm³/mol. The zero-order valence-corrected chi connectivity index (χ0v) is 6.25. The number of aryl methyl sites for hydroxylation is 2. The van der Waals surface area contributed by atoms with Crippen molar-refractivity contribution in [2.24, 2.45) is 7.05 Å². The van der Waals surface area contributed by atoms with Crippen molar-refractivity contribution in [2.45, 2.75) is 12.8 Å². The first kappa shape index (κ1) is 7.06. The highest BCUT2D eigenvalue weighted by molar-refractivity contribution is 4.92. The maximum absolute atomic E-state index is 4.17. The number of hydrogen-bond acceptors (Lipinski definition) is 1. The van der Waals surface area contributed by atoms with Gasteiger partial charge in [0.25, 0.3) is 0 Å². The van der Waals surface area contributed by atoms with Crippen molar-refractivity contribution in [3.05, 3.63) is 30.9 Å². The maximum atomic E-state index is 4.17. The van der Waals surface area contributed by atoms with Gasteiger partial charge in [0.05, 0.1) is 0 Å². The smallest absolute Gasteiger partial charge is 0.108 e. The number of rotatable bonds is 3. The highest BCUT2D eigenvalue weighted by atomic mass is 15.0. The Morgan fingerprint density at radius 2 is 2.60 bits per heavy atom. The quantitative estimate of drug-likeness (QED) is 0.576. The zero-order chi connectivity index (χ0) is 7.40. The van der Waals surface area contributed by atoms with E-state index in [1.807, 2.05) is 30.1 Å². The first-order valence-electron chi connectivity index (χ1n) is 3.41. The Hall–Kier alpha value is -1.05. The zero-order valence-electron chi connectivity index (χ0n) is 6.25. The molecule has 0 fully saturated rings. The molecule has 0 unspecified atom stereocenters. The Morgan fingerprint density at radius 3 is 3.10 bits per heavy atom. The van der Waals surface area contributed by atoms with Crippen LogP contribution in [0.1, 0.15) is 12.2 Å². The molecule has 0 N–H and O–H groups in total. The van der Waals surface area contributed by atoms with E-state index in [4.69, 9.17) is 0 Å². The molecule has 0 spiro atoms. The van der Waals surface area contributed by atoms with E-state index in [9.17, 15) is 0 Å². The summed E-state index contributed by atoms with van der Waals surface area (Å²) >= 11 is 0. The highest BCUT2D eigenvalue weighted by Crippen LogP contribution is 1.98. The molecule has 0 radical (unpaired) electrons. The van der Waals surface area contributed by atoms with Gasteiger partial charge in [-0.05, 0) is 6.42 Å². The molecule has 0 saturated heterocycles. The van der Waals surface area contributed by atoms with Crippen molar-refractivity contribution in [1.29, 1.82) is 0 Å². The van der Waals surface area contributed by atoms with Crippen molar-refractivity contribution >= 4 is 0 Å². The monoisotopic (exact) mass is 136 g/mol. The molecule has 0 amide bonds. The normalized spacial score (nSPS) is 9.70. The van der Waals surface area contributed by atoms with Crippen LogP contribution in [-0.4, -0.2) is 9.55 Å². The number of imidazole rings is 1. The van der Waals surface area contributed by atoms with E-state index in [0.717, 1.165) is 18.7 Å².